The van der Waals surface area contributed by atoms with Crippen molar-refractivity contribution in [3.05, 3.63) is 27.8 Å². The lowest BCUT2D eigenvalue weighted by atomic mass is 9.95. The lowest BCUT2D eigenvalue weighted by molar-refractivity contribution is -0.385. The van der Waals surface area contributed by atoms with E-state index < -0.39 is 0 Å². The molecule has 3 fully saturated rings. The van der Waals surface area contributed by atoms with Crippen molar-refractivity contribution in [1.82, 2.24) is 15.1 Å². The molecule has 0 bridgehead atoms. The third kappa shape index (κ3) is 5.30. The Morgan fingerprint density at radius 2 is 1.74 bits per heavy atom. The van der Waals surface area contributed by atoms with Crippen molar-refractivity contribution in [3.8, 4) is 5.75 Å². The Balaban J connectivity index is 1.28. The molecule has 3 aliphatic rings. The van der Waals surface area contributed by atoms with Gasteiger partial charge in [-0.2, -0.15) is 0 Å². The van der Waals surface area contributed by atoms with Crippen LogP contribution in [0.4, 0.5) is 11.4 Å². The Kier molecular flexibility index (Phi) is 7.30. The summed E-state index contributed by atoms with van der Waals surface area (Å²) in [6.07, 6.45) is 5.20. The van der Waals surface area contributed by atoms with Gasteiger partial charge in [-0.25, -0.2) is 0 Å². The number of nitrogens with zero attached hydrogens (tertiary/aromatic N) is 4. The molecule has 0 spiro atoms. The number of hydrogen-bond donors (Lipinski definition) is 1. The van der Waals surface area contributed by atoms with E-state index in [4.69, 9.17) is 4.74 Å². The Morgan fingerprint density at radius 3 is 2.35 bits per heavy atom. The van der Waals surface area contributed by atoms with Crippen molar-refractivity contribution in [3.63, 3.8) is 0 Å². The molecule has 4 rings (SSSR count). The van der Waals surface area contributed by atoms with Crippen molar-refractivity contribution in [2.75, 3.05) is 70.9 Å². The van der Waals surface area contributed by atoms with Gasteiger partial charge < -0.3 is 19.9 Å². The Labute approximate surface area is 185 Å². The zero-order chi connectivity index (χ0) is 21.8. The average molecular weight is 432 g/mol. The van der Waals surface area contributed by atoms with Crippen LogP contribution in [0.3, 0.4) is 0 Å². The zero-order valence-corrected chi connectivity index (χ0v) is 19.0. The molecule has 31 heavy (non-hydrogen) atoms. The normalized spacial score (nSPS) is 22.6. The molecule has 8 heteroatoms. The van der Waals surface area contributed by atoms with Gasteiger partial charge in [0.25, 0.3) is 0 Å². The number of likely N-dealkylation sites (tertiary alicyclic amines) is 1. The van der Waals surface area contributed by atoms with Crippen LogP contribution in [0.2, 0.25) is 0 Å². The molecule has 1 N–H and O–H groups in total. The van der Waals surface area contributed by atoms with Crippen molar-refractivity contribution in [1.29, 1.82) is 0 Å². The maximum absolute atomic E-state index is 11.3. The number of piperazine rings is 1. The van der Waals surface area contributed by atoms with Gasteiger partial charge in [-0.15, -0.1) is 0 Å². The van der Waals surface area contributed by atoms with Crippen LogP contribution in [0.5, 0.6) is 5.75 Å². The molecule has 172 valence electrons. The quantitative estimate of drug-likeness (QED) is 0.548. The number of ether oxygens (including phenoxy) is 1. The van der Waals surface area contributed by atoms with E-state index in [-0.39, 0.29) is 10.6 Å². The first kappa shape index (κ1) is 22.3. The highest BCUT2D eigenvalue weighted by atomic mass is 16.6. The Bertz CT molecular complexity index is 752. The van der Waals surface area contributed by atoms with Gasteiger partial charge in [0.1, 0.15) is 0 Å². The number of nitro groups is 1. The number of benzene rings is 1. The molecule has 0 amide bonds. The molecular formula is C23H37N5O3. The second-order valence-electron chi connectivity index (χ2n) is 9.32. The standard InChI is InChI=1S/C23H37N5O3/c1-18-15-22(28(29)30)23(31-2)16-21(18)27-13-11-26(12-14-27)20-5-9-25(10-6-20)17-19-3-7-24-8-4-19/h15-16,19-20,24H,3-14,17H2,1-2H3. The van der Waals surface area contributed by atoms with Crippen LogP contribution in [0, 0.1) is 23.0 Å². The molecule has 0 atom stereocenters. The van der Waals surface area contributed by atoms with Gasteiger partial charge in [-0.3, -0.25) is 15.0 Å². The van der Waals surface area contributed by atoms with Gasteiger partial charge in [0.2, 0.25) is 0 Å². The smallest absolute Gasteiger partial charge is 0.311 e. The number of rotatable bonds is 6. The average Bonchev–Trinajstić information content (AvgIpc) is 2.80. The second kappa shape index (κ2) is 10.1. The number of nitrogens with one attached hydrogen (secondary N) is 1. The van der Waals surface area contributed by atoms with Crippen molar-refractivity contribution in [2.24, 2.45) is 5.92 Å². The monoisotopic (exact) mass is 431 g/mol. The van der Waals surface area contributed by atoms with E-state index in [1.807, 2.05) is 13.0 Å². The predicted molar refractivity (Wildman–Crippen MR) is 123 cm³/mol. The van der Waals surface area contributed by atoms with Gasteiger partial charge >= 0.3 is 5.69 Å². The summed E-state index contributed by atoms with van der Waals surface area (Å²) in [5, 5.41) is 14.7. The molecular weight excluding hydrogens is 394 g/mol. The first-order valence-electron chi connectivity index (χ1n) is 11.8. The summed E-state index contributed by atoms with van der Waals surface area (Å²) >= 11 is 0. The van der Waals surface area contributed by atoms with Crippen LogP contribution in [0.1, 0.15) is 31.2 Å². The molecule has 3 heterocycles. The Hall–Kier alpha value is -1.90. The van der Waals surface area contributed by atoms with E-state index >= 15 is 0 Å². The highest BCUT2D eigenvalue weighted by Gasteiger charge is 2.29. The number of methoxy groups -OCH3 is 1. The molecule has 0 saturated carbocycles. The number of anilines is 1. The van der Waals surface area contributed by atoms with E-state index in [1.165, 1.54) is 65.5 Å². The molecule has 0 radical (unpaired) electrons. The summed E-state index contributed by atoms with van der Waals surface area (Å²) in [5.74, 6) is 1.22. The summed E-state index contributed by atoms with van der Waals surface area (Å²) in [6.45, 7) is 12.1. The molecule has 3 saturated heterocycles. The number of aryl methyl sites for hydroxylation is 1. The molecule has 1 aromatic rings. The number of piperidine rings is 2. The van der Waals surface area contributed by atoms with Crippen LogP contribution >= 0.6 is 0 Å². The topological polar surface area (TPSA) is 74.1 Å². The lowest BCUT2D eigenvalue weighted by Gasteiger charge is -2.44. The van der Waals surface area contributed by atoms with E-state index in [1.54, 1.807) is 6.07 Å². The van der Waals surface area contributed by atoms with Crippen LogP contribution in [-0.4, -0.2) is 86.8 Å². The van der Waals surface area contributed by atoms with Gasteiger partial charge in [0, 0.05) is 56.6 Å². The van der Waals surface area contributed by atoms with Crippen molar-refractivity contribution < 1.29 is 9.66 Å². The van der Waals surface area contributed by atoms with Crippen LogP contribution < -0.4 is 15.0 Å². The van der Waals surface area contributed by atoms with Crippen molar-refractivity contribution in [2.45, 2.75) is 38.6 Å². The third-order valence-electron chi connectivity index (χ3n) is 7.40. The zero-order valence-electron chi connectivity index (χ0n) is 19.0. The largest absolute Gasteiger partial charge is 0.490 e. The second-order valence-corrected chi connectivity index (χ2v) is 9.32. The first-order valence-corrected chi connectivity index (χ1v) is 11.8. The molecule has 8 nitrogen and oxygen atoms in total. The van der Waals surface area contributed by atoms with Gasteiger partial charge in [0.15, 0.2) is 5.75 Å². The van der Waals surface area contributed by atoms with Crippen LogP contribution in [0.25, 0.3) is 0 Å². The summed E-state index contributed by atoms with van der Waals surface area (Å²) < 4.78 is 5.29. The molecule has 0 aliphatic carbocycles. The maximum Gasteiger partial charge on any atom is 0.311 e. The van der Waals surface area contributed by atoms with Gasteiger partial charge in [-0.1, -0.05) is 0 Å². The minimum atomic E-state index is -0.370. The first-order chi connectivity index (χ1) is 15.0. The fourth-order valence-electron chi connectivity index (χ4n) is 5.53. The summed E-state index contributed by atoms with van der Waals surface area (Å²) in [7, 11) is 1.50. The summed E-state index contributed by atoms with van der Waals surface area (Å²) in [4.78, 5) is 18.6. The third-order valence-corrected chi connectivity index (χ3v) is 7.40. The highest BCUT2D eigenvalue weighted by Crippen LogP contribution is 2.35. The van der Waals surface area contributed by atoms with E-state index in [2.05, 4.69) is 20.0 Å². The number of nitro benzene ring substituents is 1. The minimum Gasteiger partial charge on any atom is -0.490 e. The van der Waals surface area contributed by atoms with Crippen molar-refractivity contribution >= 4 is 11.4 Å². The molecule has 3 aliphatic heterocycles. The summed E-state index contributed by atoms with van der Waals surface area (Å²) in [5.41, 5.74) is 2.03. The van der Waals surface area contributed by atoms with Crippen LogP contribution in [0.15, 0.2) is 12.1 Å². The SMILES string of the molecule is COc1cc(N2CCN(C3CCN(CC4CCNCC4)CC3)CC2)c(C)cc1[N+](=O)[O-]. The summed E-state index contributed by atoms with van der Waals surface area (Å²) in [6, 6.07) is 4.17. The molecule has 0 aromatic heterocycles. The van der Waals surface area contributed by atoms with E-state index in [9.17, 15) is 10.1 Å². The Morgan fingerprint density at radius 1 is 1.06 bits per heavy atom. The fourth-order valence-corrected chi connectivity index (χ4v) is 5.53. The minimum absolute atomic E-state index is 0.0404. The lowest BCUT2D eigenvalue weighted by Crippen LogP contribution is -2.53. The highest BCUT2D eigenvalue weighted by molar-refractivity contribution is 5.64. The number of hydrogen-bond acceptors (Lipinski definition) is 7. The van der Waals surface area contributed by atoms with Gasteiger partial charge in [-0.05, 0) is 70.3 Å². The fraction of sp³-hybridized carbons (Fsp3) is 0.739. The molecule has 1 aromatic carbocycles. The van der Waals surface area contributed by atoms with Crippen LogP contribution in [-0.2, 0) is 0 Å². The van der Waals surface area contributed by atoms with E-state index in [0.717, 1.165) is 43.3 Å². The predicted octanol–water partition coefficient (Wildman–Crippen LogP) is 2.50. The van der Waals surface area contributed by atoms with E-state index in [0.29, 0.717) is 11.8 Å². The molecule has 0 unspecified atom stereocenters. The maximum atomic E-state index is 11.3. The van der Waals surface area contributed by atoms with Gasteiger partial charge in [0.05, 0.1) is 12.0 Å².